The first kappa shape index (κ1) is 23.1. The Hall–Kier alpha value is -0.870. The summed E-state index contributed by atoms with van der Waals surface area (Å²) in [7, 11) is 1.83. The molecule has 0 radical (unpaired) electrons. The van der Waals surface area contributed by atoms with E-state index in [9.17, 15) is 5.11 Å². The van der Waals surface area contributed by atoms with Gasteiger partial charge in [-0.15, -0.1) is 24.0 Å². The average molecular weight is 453 g/mol. The molecule has 140 valence electrons. The monoisotopic (exact) mass is 453 g/mol. The molecule has 0 bridgehead atoms. The van der Waals surface area contributed by atoms with Gasteiger partial charge in [-0.05, 0) is 34.1 Å². The number of hydrogen-bond donors (Lipinski definition) is 3. The van der Waals surface area contributed by atoms with Crippen molar-refractivity contribution in [3.63, 3.8) is 0 Å². The van der Waals surface area contributed by atoms with Crippen molar-refractivity contribution in [3.8, 4) is 0 Å². The number of hydrogen-bond acceptors (Lipinski definition) is 4. The number of guanidine groups is 1. The fourth-order valence-corrected chi connectivity index (χ4v) is 1.96. The minimum Gasteiger partial charge on any atom is -0.383 e. The molecule has 1 aromatic heterocycles. The maximum atomic E-state index is 10.6. The minimum atomic E-state index is -1.04. The van der Waals surface area contributed by atoms with Crippen LogP contribution in [0.15, 0.2) is 17.4 Å². The summed E-state index contributed by atoms with van der Waals surface area (Å²) in [5, 5.41) is 21.1. The van der Waals surface area contributed by atoms with Gasteiger partial charge < -0.3 is 20.5 Å². The van der Waals surface area contributed by atoms with E-state index in [1.807, 2.05) is 27.8 Å². The fraction of sp³-hybridized carbons (Fsp3) is 0.750. The molecule has 1 rings (SSSR count). The van der Waals surface area contributed by atoms with Crippen molar-refractivity contribution in [1.82, 2.24) is 20.4 Å². The molecular weight excluding hydrogens is 421 g/mol. The lowest BCUT2D eigenvalue weighted by atomic mass is 10.0. The number of halogens is 1. The third-order valence-electron chi connectivity index (χ3n) is 3.28. The summed E-state index contributed by atoms with van der Waals surface area (Å²) >= 11 is 0. The summed E-state index contributed by atoms with van der Waals surface area (Å²) in [5.74, 6) is 0.696. The smallest absolute Gasteiger partial charge is 0.191 e. The fourth-order valence-electron chi connectivity index (χ4n) is 1.96. The van der Waals surface area contributed by atoms with E-state index >= 15 is 0 Å². The second-order valence-electron chi connectivity index (χ2n) is 6.07. The number of aryl methyl sites for hydroxylation is 1. The number of aliphatic hydroxyl groups is 1. The Kier molecular flexibility index (Phi) is 11.2. The molecule has 0 saturated carbocycles. The van der Waals surface area contributed by atoms with Crippen LogP contribution in [0.1, 0.15) is 39.7 Å². The first-order valence-corrected chi connectivity index (χ1v) is 8.20. The molecule has 0 aliphatic carbocycles. The van der Waals surface area contributed by atoms with Gasteiger partial charge in [-0.2, -0.15) is 5.10 Å². The molecule has 0 saturated heterocycles. The third kappa shape index (κ3) is 8.84. The number of rotatable bonds is 9. The van der Waals surface area contributed by atoms with E-state index in [2.05, 4.69) is 20.7 Å². The van der Waals surface area contributed by atoms with Gasteiger partial charge in [-0.1, -0.05) is 0 Å². The summed E-state index contributed by atoms with van der Waals surface area (Å²) in [5.41, 5.74) is -0.290. The van der Waals surface area contributed by atoms with E-state index in [0.29, 0.717) is 5.96 Å². The number of aliphatic imine (C=N–C) groups is 1. The van der Waals surface area contributed by atoms with Crippen molar-refractivity contribution in [2.45, 2.75) is 45.8 Å². The van der Waals surface area contributed by atoms with Crippen LogP contribution in [0.5, 0.6) is 0 Å². The van der Waals surface area contributed by atoms with Crippen molar-refractivity contribution in [3.05, 3.63) is 18.0 Å². The first-order chi connectivity index (χ1) is 10.8. The molecule has 7 nitrogen and oxygen atoms in total. The third-order valence-corrected chi connectivity index (χ3v) is 3.28. The number of nitrogens with zero attached hydrogens (tertiary/aromatic N) is 3. The lowest BCUT2D eigenvalue weighted by molar-refractivity contribution is 0.0670. The zero-order chi connectivity index (χ0) is 17.3. The second-order valence-corrected chi connectivity index (χ2v) is 6.07. The minimum absolute atomic E-state index is 0. The molecular formula is C16H32IN5O2. The molecule has 0 fully saturated rings. The Morgan fingerprint density at radius 3 is 2.71 bits per heavy atom. The zero-order valence-electron chi connectivity index (χ0n) is 15.4. The summed E-state index contributed by atoms with van der Waals surface area (Å²) in [6, 6.07) is 0. The maximum Gasteiger partial charge on any atom is 0.191 e. The van der Waals surface area contributed by atoms with Crippen molar-refractivity contribution in [2.24, 2.45) is 12.0 Å². The average Bonchev–Trinajstić information content (AvgIpc) is 2.91. The van der Waals surface area contributed by atoms with E-state index in [1.165, 1.54) is 0 Å². The normalized spacial score (nSPS) is 14.2. The molecule has 0 spiro atoms. The predicted octanol–water partition coefficient (Wildman–Crippen LogP) is 1.62. The van der Waals surface area contributed by atoms with E-state index in [4.69, 9.17) is 4.74 Å². The zero-order valence-corrected chi connectivity index (χ0v) is 17.7. The van der Waals surface area contributed by atoms with Gasteiger partial charge in [0.2, 0.25) is 0 Å². The van der Waals surface area contributed by atoms with Gasteiger partial charge in [0.25, 0.3) is 0 Å². The van der Waals surface area contributed by atoms with Gasteiger partial charge in [0.05, 0.1) is 18.8 Å². The summed E-state index contributed by atoms with van der Waals surface area (Å²) in [4.78, 5) is 4.47. The molecule has 8 heteroatoms. The van der Waals surface area contributed by atoms with Crippen LogP contribution in [-0.2, 0) is 17.4 Å². The van der Waals surface area contributed by atoms with Crippen LogP contribution >= 0.6 is 24.0 Å². The van der Waals surface area contributed by atoms with Crippen LogP contribution in [0, 0.1) is 0 Å². The van der Waals surface area contributed by atoms with Gasteiger partial charge in [0.15, 0.2) is 5.96 Å². The first-order valence-electron chi connectivity index (χ1n) is 8.20. The molecule has 0 aliphatic rings. The highest BCUT2D eigenvalue weighted by atomic mass is 127. The molecule has 3 N–H and O–H groups in total. The molecule has 0 aliphatic heterocycles. The Morgan fingerprint density at radius 2 is 2.17 bits per heavy atom. The van der Waals surface area contributed by atoms with Crippen LogP contribution in [0.3, 0.4) is 0 Å². The lowest BCUT2D eigenvalue weighted by Gasteiger charge is -2.20. The molecule has 1 heterocycles. The Bertz CT molecular complexity index is 489. The summed E-state index contributed by atoms with van der Waals surface area (Å²) < 4.78 is 7.18. The number of ether oxygens (including phenoxy) is 1. The number of nitrogens with one attached hydrogen (secondary N) is 2. The highest BCUT2D eigenvalue weighted by molar-refractivity contribution is 14.0. The van der Waals surface area contributed by atoms with Crippen LogP contribution in [0.25, 0.3) is 0 Å². The molecule has 0 aromatic carbocycles. The Balaban J connectivity index is 0.00000529. The van der Waals surface area contributed by atoms with Crippen LogP contribution in [-0.4, -0.2) is 53.2 Å². The van der Waals surface area contributed by atoms with Gasteiger partial charge in [-0.3, -0.25) is 4.68 Å². The van der Waals surface area contributed by atoms with Crippen LogP contribution < -0.4 is 10.6 Å². The molecule has 1 unspecified atom stereocenters. The molecule has 1 atom stereocenters. The number of aromatic nitrogens is 2. The van der Waals surface area contributed by atoms with E-state index < -0.39 is 5.60 Å². The SMILES string of the molecule is CCNC(=NCC(C)(O)c1cnn(C)c1)NCCCOC(C)C.I. The predicted molar refractivity (Wildman–Crippen MR) is 108 cm³/mol. The van der Waals surface area contributed by atoms with Crippen molar-refractivity contribution < 1.29 is 9.84 Å². The molecule has 1 aromatic rings. The quantitative estimate of drug-likeness (QED) is 0.229. The van der Waals surface area contributed by atoms with Crippen molar-refractivity contribution in [2.75, 3.05) is 26.2 Å². The van der Waals surface area contributed by atoms with E-state index in [-0.39, 0.29) is 36.6 Å². The van der Waals surface area contributed by atoms with Gasteiger partial charge in [0.1, 0.15) is 5.60 Å². The van der Waals surface area contributed by atoms with E-state index in [0.717, 1.165) is 31.7 Å². The topological polar surface area (TPSA) is 83.7 Å². The molecule has 24 heavy (non-hydrogen) atoms. The molecule has 0 amide bonds. The largest absolute Gasteiger partial charge is 0.383 e. The Labute approximate surface area is 162 Å². The standard InChI is InChI=1S/C16H31N5O2.HI/c1-6-17-15(18-8-7-9-23-13(2)3)19-12-16(4,22)14-10-20-21(5)11-14;/h10-11,13,22H,6-9,12H2,1-5H3,(H2,17,18,19);1H. The van der Waals surface area contributed by atoms with Crippen molar-refractivity contribution >= 4 is 29.9 Å². The van der Waals surface area contributed by atoms with Crippen LogP contribution in [0.4, 0.5) is 0 Å². The Morgan fingerprint density at radius 1 is 1.46 bits per heavy atom. The second kappa shape index (κ2) is 11.6. The van der Waals surface area contributed by atoms with Crippen LogP contribution in [0.2, 0.25) is 0 Å². The van der Waals surface area contributed by atoms with Crippen molar-refractivity contribution in [1.29, 1.82) is 0 Å². The van der Waals surface area contributed by atoms with Gasteiger partial charge in [0, 0.05) is 38.5 Å². The highest BCUT2D eigenvalue weighted by Crippen LogP contribution is 2.19. The maximum absolute atomic E-state index is 10.6. The van der Waals surface area contributed by atoms with E-state index in [1.54, 1.807) is 24.0 Å². The summed E-state index contributed by atoms with van der Waals surface area (Å²) in [6.45, 7) is 10.3. The summed E-state index contributed by atoms with van der Waals surface area (Å²) in [6.07, 6.45) is 4.63. The van der Waals surface area contributed by atoms with Gasteiger partial charge >= 0.3 is 0 Å². The highest BCUT2D eigenvalue weighted by Gasteiger charge is 2.24. The van der Waals surface area contributed by atoms with Gasteiger partial charge in [-0.25, -0.2) is 4.99 Å². The lowest BCUT2D eigenvalue weighted by Crippen LogP contribution is -2.39.